The van der Waals surface area contributed by atoms with E-state index in [1.165, 1.54) is 0 Å². The third kappa shape index (κ3) is 4.13. The van der Waals surface area contributed by atoms with Crippen LogP contribution in [0.4, 0.5) is 0 Å². The molecule has 1 saturated heterocycles. The highest BCUT2D eigenvalue weighted by Gasteiger charge is 2.16. The molecular weight excluding hydrogens is 218 g/mol. The Morgan fingerprint density at radius 3 is 2.79 bits per heavy atom. The molecule has 1 heterocycles. The summed E-state index contributed by atoms with van der Waals surface area (Å²) in [7, 11) is 0. The molecule has 1 atom stereocenters. The third-order valence-electron chi connectivity index (χ3n) is 1.94. The fourth-order valence-electron chi connectivity index (χ4n) is 1.23. The lowest BCUT2D eigenvalue weighted by Crippen LogP contribution is -2.39. The summed E-state index contributed by atoms with van der Waals surface area (Å²) in [6.45, 7) is 8.14. The van der Waals surface area contributed by atoms with Crippen molar-refractivity contribution in [2.75, 3.05) is 32.9 Å². The van der Waals surface area contributed by atoms with Gasteiger partial charge in [0.05, 0.1) is 13.2 Å². The minimum atomic E-state index is 0.148. The zero-order valence-corrected chi connectivity index (χ0v) is 10.3. The van der Waals surface area contributed by atoms with Crippen LogP contribution in [-0.2, 0) is 9.47 Å². The van der Waals surface area contributed by atoms with Gasteiger partial charge in [0.25, 0.3) is 0 Å². The summed E-state index contributed by atoms with van der Waals surface area (Å²) in [5, 5.41) is 0. The van der Waals surface area contributed by atoms with Crippen molar-refractivity contribution in [1.82, 2.24) is 4.90 Å². The van der Waals surface area contributed by atoms with Gasteiger partial charge in [0, 0.05) is 19.7 Å². The second-order valence-corrected chi connectivity index (χ2v) is 4.94. The molecule has 1 rings (SSSR count). The topological polar surface area (TPSA) is 21.7 Å². The Hall–Kier alpha value is 0.160. The molecule has 0 spiro atoms. The van der Waals surface area contributed by atoms with Crippen LogP contribution < -0.4 is 0 Å². The number of rotatable bonds is 3. The van der Waals surface area contributed by atoms with Gasteiger partial charge >= 0.3 is 0 Å². The number of morpholine rings is 1. The van der Waals surface area contributed by atoms with Gasteiger partial charge in [0.2, 0.25) is 0 Å². The molecule has 0 unspecified atom stereocenters. The number of nitrogens with zero attached hydrogens (tertiary/aromatic N) is 1. The average molecular weight is 235 g/mol. The fourth-order valence-corrected chi connectivity index (χ4v) is 2.64. The minimum absolute atomic E-state index is 0.148. The van der Waals surface area contributed by atoms with Crippen LogP contribution in [0.1, 0.15) is 13.8 Å². The number of thiocarbonyl (C=S) groups is 1. The van der Waals surface area contributed by atoms with E-state index in [9.17, 15) is 0 Å². The first kappa shape index (κ1) is 12.2. The van der Waals surface area contributed by atoms with Crippen molar-refractivity contribution in [3.05, 3.63) is 0 Å². The lowest BCUT2D eigenvalue weighted by molar-refractivity contribution is 0.0700. The van der Waals surface area contributed by atoms with E-state index in [0.717, 1.165) is 37.2 Å². The summed E-state index contributed by atoms with van der Waals surface area (Å²) in [6.07, 6.45) is 0. The molecule has 0 aromatic rings. The molecule has 0 bridgehead atoms. The maximum absolute atomic E-state index is 5.42. The van der Waals surface area contributed by atoms with Crippen molar-refractivity contribution in [3.8, 4) is 0 Å². The van der Waals surface area contributed by atoms with Crippen LogP contribution in [0.3, 0.4) is 0 Å². The van der Waals surface area contributed by atoms with Crippen molar-refractivity contribution >= 4 is 28.3 Å². The monoisotopic (exact) mass is 235 g/mol. The van der Waals surface area contributed by atoms with E-state index in [2.05, 4.69) is 4.90 Å². The van der Waals surface area contributed by atoms with E-state index < -0.39 is 0 Å². The van der Waals surface area contributed by atoms with E-state index in [-0.39, 0.29) is 5.44 Å². The van der Waals surface area contributed by atoms with Crippen molar-refractivity contribution in [2.45, 2.75) is 19.3 Å². The van der Waals surface area contributed by atoms with Crippen molar-refractivity contribution in [3.63, 3.8) is 0 Å². The summed E-state index contributed by atoms with van der Waals surface area (Å²) in [5.41, 5.74) is 0.148. The minimum Gasteiger partial charge on any atom is -0.378 e. The molecule has 1 aliphatic heterocycles. The Bertz CT molecular complexity index is 184. The van der Waals surface area contributed by atoms with Gasteiger partial charge in [-0.3, -0.25) is 0 Å². The Morgan fingerprint density at radius 2 is 2.21 bits per heavy atom. The molecule has 1 aliphatic rings. The van der Waals surface area contributed by atoms with Gasteiger partial charge in [0.1, 0.15) is 9.76 Å². The van der Waals surface area contributed by atoms with E-state index in [1.807, 2.05) is 13.8 Å². The van der Waals surface area contributed by atoms with Gasteiger partial charge in [-0.15, -0.1) is 0 Å². The number of ether oxygens (including phenoxy) is 2. The SMILES string of the molecule is CCO[C@@H](C)SC(=S)N1CCOCC1. The molecule has 14 heavy (non-hydrogen) atoms. The summed E-state index contributed by atoms with van der Waals surface area (Å²) < 4.78 is 11.6. The molecule has 82 valence electrons. The quantitative estimate of drug-likeness (QED) is 0.547. The lowest BCUT2D eigenvalue weighted by atomic mass is 10.5. The smallest absolute Gasteiger partial charge is 0.139 e. The standard InChI is InChI=1S/C9H17NO2S2/c1-3-12-8(2)14-9(13)10-4-6-11-7-5-10/h8H,3-7H2,1-2H3/t8-/m1/s1. The molecule has 0 radical (unpaired) electrons. The van der Waals surface area contributed by atoms with Gasteiger partial charge < -0.3 is 14.4 Å². The third-order valence-corrected chi connectivity index (χ3v) is 3.41. The fraction of sp³-hybridized carbons (Fsp3) is 0.889. The Labute approximate surface area is 95.1 Å². The number of hydrogen-bond acceptors (Lipinski definition) is 4. The summed E-state index contributed by atoms with van der Waals surface area (Å²) in [5.74, 6) is 0. The highest BCUT2D eigenvalue weighted by Crippen LogP contribution is 2.17. The second-order valence-electron chi connectivity index (χ2n) is 3.01. The van der Waals surface area contributed by atoms with Crippen LogP contribution in [0.25, 0.3) is 0 Å². The largest absolute Gasteiger partial charge is 0.378 e. The molecular formula is C9H17NO2S2. The molecule has 0 amide bonds. The molecule has 0 aliphatic carbocycles. The molecule has 0 saturated carbocycles. The molecule has 5 heteroatoms. The van der Waals surface area contributed by atoms with Gasteiger partial charge in [-0.2, -0.15) is 0 Å². The summed E-state index contributed by atoms with van der Waals surface area (Å²) >= 11 is 6.93. The molecule has 1 fully saturated rings. The maximum atomic E-state index is 5.42. The van der Waals surface area contributed by atoms with Gasteiger partial charge in [-0.25, -0.2) is 0 Å². The summed E-state index contributed by atoms with van der Waals surface area (Å²) in [4.78, 5) is 2.18. The highest BCUT2D eigenvalue weighted by molar-refractivity contribution is 8.23. The van der Waals surface area contributed by atoms with Crippen LogP contribution >= 0.6 is 24.0 Å². The Balaban J connectivity index is 2.25. The van der Waals surface area contributed by atoms with Gasteiger partial charge in [0.15, 0.2) is 0 Å². The van der Waals surface area contributed by atoms with E-state index in [0.29, 0.717) is 0 Å². The first-order valence-electron chi connectivity index (χ1n) is 4.89. The number of hydrogen-bond donors (Lipinski definition) is 0. The summed E-state index contributed by atoms with van der Waals surface area (Å²) in [6, 6.07) is 0. The van der Waals surface area contributed by atoms with Crippen molar-refractivity contribution < 1.29 is 9.47 Å². The normalized spacial score (nSPS) is 19.4. The zero-order valence-electron chi connectivity index (χ0n) is 8.69. The zero-order chi connectivity index (χ0) is 10.4. The van der Waals surface area contributed by atoms with Crippen molar-refractivity contribution in [1.29, 1.82) is 0 Å². The Kier molecular flexibility index (Phi) is 5.77. The predicted molar refractivity (Wildman–Crippen MR) is 63.7 cm³/mol. The first-order chi connectivity index (χ1) is 6.74. The van der Waals surface area contributed by atoms with E-state index in [4.69, 9.17) is 21.7 Å². The van der Waals surface area contributed by atoms with Crippen LogP contribution in [0.2, 0.25) is 0 Å². The van der Waals surface area contributed by atoms with Crippen LogP contribution in [-0.4, -0.2) is 47.6 Å². The lowest BCUT2D eigenvalue weighted by Gasteiger charge is -2.29. The number of thioether (sulfide) groups is 1. The highest BCUT2D eigenvalue weighted by atomic mass is 32.2. The van der Waals surface area contributed by atoms with Crippen LogP contribution in [0.15, 0.2) is 0 Å². The molecule has 0 aromatic heterocycles. The molecule has 3 nitrogen and oxygen atoms in total. The van der Waals surface area contributed by atoms with Crippen molar-refractivity contribution in [2.24, 2.45) is 0 Å². The van der Waals surface area contributed by atoms with Gasteiger partial charge in [-0.05, 0) is 13.8 Å². The second kappa shape index (κ2) is 6.61. The predicted octanol–water partition coefficient (Wildman–Crippen LogP) is 1.72. The Morgan fingerprint density at radius 1 is 1.57 bits per heavy atom. The molecule has 0 N–H and O–H groups in total. The maximum Gasteiger partial charge on any atom is 0.139 e. The average Bonchev–Trinajstić information content (AvgIpc) is 2.19. The first-order valence-corrected chi connectivity index (χ1v) is 6.17. The van der Waals surface area contributed by atoms with E-state index >= 15 is 0 Å². The van der Waals surface area contributed by atoms with E-state index in [1.54, 1.807) is 11.8 Å². The molecule has 0 aromatic carbocycles. The van der Waals surface area contributed by atoms with Crippen LogP contribution in [0, 0.1) is 0 Å². The van der Waals surface area contributed by atoms with Gasteiger partial charge in [-0.1, -0.05) is 24.0 Å². The van der Waals surface area contributed by atoms with Crippen LogP contribution in [0.5, 0.6) is 0 Å².